The maximum atomic E-state index is 12.0. The van der Waals surface area contributed by atoms with Gasteiger partial charge in [0.15, 0.2) is 0 Å². The Morgan fingerprint density at radius 1 is 1.10 bits per heavy atom. The molecule has 2 aromatic carbocycles. The Balaban J connectivity index is 1.56. The number of carbonyl (C=O) groups is 2. The smallest absolute Gasteiger partial charge is 0.326 e. The van der Waals surface area contributed by atoms with Gasteiger partial charge in [0, 0.05) is 19.0 Å². The fourth-order valence-corrected chi connectivity index (χ4v) is 3.08. The molecule has 1 N–H and O–H groups in total. The van der Waals surface area contributed by atoms with Crippen LogP contribution in [-0.2, 0) is 27.3 Å². The predicted molar refractivity (Wildman–Crippen MR) is 113 cm³/mol. The van der Waals surface area contributed by atoms with E-state index in [-0.39, 0.29) is 18.4 Å². The summed E-state index contributed by atoms with van der Waals surface area (Å²) in [4.78, 5) is 28.6. The Bertz CT molecular complexity index is 993. The van der Waals surface area contributed by atoms with E-state index in [1.165, 1.54) is 6.08 Å². The highest BCUT2D eigenvalue weighted by Gasteiger charge is 2.14. The van der Waals surface area contributed by atoms with Crippen LogP contribution in [0.2, 0.25) is 0 Å². The summed E-state index contributed by atoms with van der Waals surface area (Å²) in [6, 6.07) is 17.4. The van der Waals surface area contributed by atoms with Crippen molar-refractivity contribution in [3.63, 3.8) is 0 Å². The van der Waals surface area contributed by atoms with Crippen LogP contribution in [0.15, 0.2) is 60.7 Å². The first-order valence-corrected chi connectivity index (χ1v) is 9.78. The molecule has 0 saturated heterocycles. The second-order valence-corrected chi connectivity index (χ2v) is 6.55. The molecule has 6 heteroatoms. The second-order valence-electron chi connectivity index (χ2n) is 6.55. The van der Waals surface area contributed by atoms with Crippen LogP contribution in [0.4, 0.5) is 0 Å². The number of aromatic nitrogens is 2. The number of para-hydroxylation sites is 2. The van der Waals surface area contributed by atoms with Crippen molar-refractivity contribution >= 4 is 29.0 Å². The van der Waals surface area contributed by atoms with Gasteiger partial charge in [-0.3, -0.25) is 9.59 Å². The van der Waals surface area contributed by atoms with Gasteiger partial charge in [-0.2, -0.15) is 0 Å². The molecule has 3 aromatic rings. The molecule has 0 radical (unpaired) electrons. The van der Waals surface area contributed by atoms with Gasteiger partial charge in [-0.15, -0.1) is 0 Å². The molecule has 0 aliphatic rings. The highest BCUT2D eigenvalue weighted by atomic mass is 16.5. The van der Waals surface area contributed by atoms with Gasteiger partial charge in [0.2, 0.25) is 5.91 Å². The number of benzene rings is 2. The molecule has 0 fully saturated rings. The third kappa shape index (κ3) is 5.78. The molecule has 0 spiro atoms. The van der Waals surface area contributed by atoms with Crippen molar-refractivity contribution in [1.82, 2.24) is 14.9 Å². The number of rotatable bonds is 9. The summed E-state index contributed by atoms with van der Waals surface area (Å²) in [5.41, 5.74) is 2.74. The molecule has 3 rings (SSSR count). The third-order valence-corrected chi connectivity index (χ3v) is 4.43. The molecule has 0 bridgehead atoms. The van der Waals surface area contributed by atoms with E-state index >= 15 is 0 Å². The number of hydrogen-bond acceptors (Lipinski definition) is 4. The van der Waals surface area contributed by atoms with E-state index in [0.717, 1.165) is 28.8 Å². The Labute approximate surface area is 170 Å². The van der Waals surface area contributed by atoms with Crippen LogP contribution in [0.5, 0.6) is 0 Å². The second kappa shape index (κ2) is 10.2. The number of esters is 1. The lowest BCUT2D eigenvalue weighted by molar-refractivity contribution is -0.143. The van der Waals surface area contributed by atoms with Gasteiger partial charge in [0.25, 0.3) is 0 Å². The Kier molecular flexibility index (Phi) is 7.16. The summed E-state index contributed by atoms with van der Waals surface area (Å²) in [5.74, 6) is 0.401. The van der Waals surface area contributed by atoms with Gasteiger partial charge in [-0.1, -0.05) is 42.5 Å². The first kappa shape index (κ1) is 20.3. The maximum absolute atomic E-state index is 12.0. The van der Waals surface area contributed by atoms with Crippen molar-refractivity contribution in [2.24, 2.45) is 0 Å². The van der Waals surface area contributed by atoms with Crippen LogP contribution in [0.25, 0.3) is 17.1 Å². The first-order valence-electron chi connectivity index (χ1n) is 9.78. The zero-order valence-electron chi connectivity index (χ0n) is 16.5. The fourth-order valence-electron chi connectivity index (χ4n) is 3.08. The number of carbonyl (C=O) groups excluding carboxylic acids is 2. The van der Waals surface area contributed by atoms with Crippen molar-refractivity contribution in [3.05, 3.63) is 72.1 Å². The summed E-state index contributed by atoms with van der Waals surface area (Å²) in [7, 11) is 0. The van der Waals surface area contributed by atoms with Crippen molar-refractivity contribution in [3.8, 4) is 0 Å². The van der Waals surface area contributed by atoms with Crippen molar-refractivity contribution in [1.29, 1.82) is 0 Å². The van der Waals surface area contributed by atoms with Crippen LogP contribution in [0, 0.1) is 0 Å². The van der Waals surface area contributed by atoms with Crippen LogP contribution >= 0.6 is 0 Å². The van der Waals surface area contributed by atoms with E-state index in [9.17, 15) is 9.59 Å². The number of aryl methyl sites for hydroxylation is 1. The van der Waals surface area contributed by atoms with Crippen LogP contribution < -0.4 is 5.32 Å². The van der Waals surface area contributed by atoms with Crippen molar-refractivity contribution < 1.29 is 14.3 Å². The number of ether oxygens (including phenoxy) is 1. The van der Waals surface area contributed by atoms with Crippen LogP contribution in [0.3, 0.4) is 0 Å². The number of imidazole rings is 1. The van der Waals surface area contributed by atoms with Crippen LogP contribution in [0.1, 0.15) is 24.7 Å². The van der Waals surface area contributed by atoms with Gasteiger partial charge in [0.1, 0.15) is 12.4 Å². The van der Waals surface area contributed by atoms with E-state index < -0.39 is 0 Å². The largest absolute Gasteiger partial charge is 0.465 e. The number of fused-ring (bicyclic) bond motifs is 1. The number of nitrogens with zero attached hydrogens (tertiary/aromatic N) is 2. The molecule has 29 heavy (non-hydrogen) atoms. The van der Waals surface area contributed by atoms with Gasteiger partial charge in [0.05, 0.1) is 17.6 Å². The Hall–Kier alpha value is -3.41. The Morgan fingerprint density at radius 2 is 1.86 bits per heavy atom. The van der Waals surface area contributed by atoms with Crippen LogP contribution in [-0.4, -0.2) is 34.6 Å². The lowest BCUT2D eigenvalue weighted by atomic mass is 10.2. The molecule has 0 saturated carbocycles. The number of amides is 1. The SMILES string of the molecule is CCOC(=O)Cn1c(CCCNC(=O)/C=C\c2ccccc2)nc2ccccc21. The molecule has 1 aromatic heterocycles. The predicted octanol–water partition coefficient (Wildman–Crippen LogP) is 3.36. The fraction of sp³-hybridized carbons (Fsp3) is 0.261. The quantitative estimate of drug-likeness (QED) is 0.345. The van der Waals surface area contributed by atoms with Gasteiger partial charge >= 0.3 is 5.97 Å². The van der Waals surface area contributed by atoms with E-state index in [0.29, 0.717) is 19.6 Å². The minimum atomic E-state index is -0.281. The van der Waals surface area contributed by atoms with E-state index in [1.807, 2.05) is 59.2 Å². The number of nitrogens with one attached hydrogen (secondary N) is 1. The van der Waals surface area contributed by atoms with Gasteiger partial charge in [-0.05, 0) is 37.1 Å². The first-order chi connectivity index (χ1) is 14.2. The van der Waals surface area contributed by atoms with E-state index in [2.05, 4.69) is 10.3 Å². The third-order valence-electron chi connectivity index (χ3n) is 4.43. The van der Waals surface area contributed by atoms with Crippen molar-refractivity contribution in [2.45, 2.75) is 26.3 Å². The molecular formula is C23H25N3O3. The summed E-state index contributed by atoms with van der Waals surface area (Å²) in [5, 5.41) is 2.88. The van der Waals surface area contributed by atoms with E-state index in [1.54, 1.807) is 13.0 Å². The highest BCUT2D eigenvalue weighted by molar-refractivity contribution is 5.91. The molecule has 1 amide bonds. The lowest BCUT2D eigenvalue weighted by Gasteiger charge is -2.09. The summed E-state index contributed by atoms with van der Waals surface area (Å²) >= 11 is 0. The molecule has 6 nitrogen and oxygen atoms in total. The molecule has 1 heterocycles. The minimum Gasteiger partial charge on any atom is -0.465 e. The highest BCUT2D eigenvalue weighted by Crippen LogP contribution is 2.17. The lowest BCUT2D eigenvalue weighted by Crippen LogP contribution is -2.23. The minimum absolute atomic E-state index is 0.131. The molecule has 150 valence electrons. The van der Waals surface area contributed by atoms with Gasteiger partial charge in [-0.25, -0.2) is 4.98 Å². The maximum Gasteiger partial charge on any atom is 0.326 e. The molecular weight excluding hydrogens is 366 g/mol. The van der Waals surface area contributed by atoms with E-state index in [4.69, 9.17) is 4.74 Å². The monoisotopic (exact) mass is 391 g/mol. The van der Waals surface area contributed by atoms with Gasteiger partial charge < -0.3 is 14.6 Å². The molecule has 0 atom stereocenters. The average molecular weight is 391 g/mol. The molecule has 0 unspecified atom stereocenters. The normalized spacial score (nSPS) is 11.1. The Morgan fingerprint density at radius 3 is 2.66 bits per heavy atom. The zero-order chi connectivity index (χ0) is 20.5. The zero-order valence-corrected chi connectivity index (χ0v) is 16.5. The standard InChI is InChI=1S/C23H25N3O3/c1-2-29-23(28)17-26-20-12-7-6-11-19(20)25-21(26)13-8-16-24-22(27)15-14-18-9-4-3-5-10-18/h3-7,9-12,14-15H,2,8,13,16-17H2,1H3,(H,24,27)/b15-14-. The average Bonchev–Trinajstić information content (AvgIpc) is 3.08. The number of hydrogen-bond donors (Lipinski definition) is 1. The molecule has 0 aliphatic heterocycles. The topological polar surface area (TPSA) is 73.2 Å². The summed E-state index contributed by atoms with van der Waals surface area (Å²) in [6.45, 7) is 2.81. The molecule has 0 aliphatic carbocycles. The summed E-state index contributed by atoms with van der Waals surface area (Å²) in [6.07, 6.45) is 4.69. The summed E-state index contributed by atoms with van der Waals surface area (Å²) < 4.78 is 6.98. The van der Waals surface area contributed by atoms with Crippen molar-refractivity contribution in [2.75, 3.05) is 13.2 Å².